The van der Waals surface area contributed by atoms with Gasteiger partial charge in [-0.05, 0) is 29.8 Å². The second kappa shape index (κ2) is 7.47. The SMILES string of the molecule is COc1ccc(C(O)CNc2cccc(F)c2C#N)cc1OC. The second-order valence-electron chi connectivity index (χ2n) is 4.79. The van der Waals surface area contributed by atoms with Crippen LogP contribution in [0.25, 0.3) is 0 Å². The molecule has 0 aliphatic carbocycles. The number of halogens is 1. The van der Waals surface area contributed by atoms with Crippen LogP contribution in [0.4, 0.5) is 10.1 Å². The largest absolute Gasteiger partial charge is 0.493 e. The number of ether oxygens (including phenoxy) is 2. The number of anilines is 1. The lowest BCUT2D eigenvalue weighted by molar-refractivity contribution is 0.191. The molecule has 6 heteroatoms. The monoisotopic (exact) mass is 316 g/mol. The number of rotatable bonds is 6. The van der Waals surface area contributed by atoms with Crippen LogP contribution in [-0.2, 0) is 0 Å². The highest BCUT2D eigenvalue weighted by Crippen LogP contribution is 2.30. The standard InChI is InChI=1S/C17H17FN2O3/c1-22-16-7-6-11(8-17(16)23-2)15(21)10-20-14-5-3-4-13(18)12(14)9-19/h3-8,15,20-21H,10H2,1-2H3. The molecule has 0 fully saturated rings. The summed E-state index contributed by atoms with van der Waals surface area (Å²) < 4.78 is 23.9. The predicted molar refractivity (Wildman–Crippen MR) is 84.1 cm³/mol. The van der Waals surface area contributed by atoms with Gasteiger partial charge in [0.05, 0.1) is 26.0 Å². The Labute approximate surface area is 133 Å². The van der Waals surface area contributed by atoms with Crippen LogP contribution >= 0.6 is 0 Å². The summed E-state index contributed by atoms with van der Waals surface area (Å²) in [5.74, 6) is 0.471. The smallest absolute Gasteiger partial charge is 0.161 e. The van der Waals surface area contributed by atoms with Gasteiger partial charge in [-0.15, -0.1) is 0 Å². The average molecular weight is 316 g/mol. The normalized spacial score (nSPS) is 11.4. The van der Waals surface area contributed by atoms with Crippen LogP contribution in [-0.4, -0.2) is 25.9 Å². The fraction of sp³-hybridized carbons (Fsp3) is 0.235. The lowest BCUT2D eigenvalue weighted by Crippen LogP contribution is -2.13. The van der Waals surface area contributed by atoms with Gasteiger partial charge in [0, 0.05) is 6.54 Å². The highest BCUT2D eigenvalue weighted by Gasteiger charge is 2.13. The van der Waals surface area contributed by atoms with Crippen molar-refractivity contribution >= 4 is 5.69 Å². The van der Waals surface area contributed by atoms with E-state index in [1.165, 1.54) is 26.4 Å². The van der Waals surface area contributed by atoms with Crippen LogP contribution in [0, 0.1) is 17.1 Å². The summed E-state index contributed by atoms with van der Waals surface area (Å²) in [7, 11) is 3.04. The molecule has 120 valence electrons. The highest BCUT2D eigenvalue weighted by atomic mass is 19.1. The molecule has 0 radical (unpaired) electrons. The van der Waals surface area contributed by atoms with E-state index in [-0.39, 0.29) is 12.1 Å². The maximum Gasteiger partial charge on any atom is 0.161 e. The Kier molecular flexibility index (Phi) is 5.39. The van der Waals surface area contributed by atoms with Crippen LogP contribution in [0.1, 0.15) is 17.2 Å². The van der Waals surface area contributed by atoms with Crippen LogP contribution in [0.5, 0.6) is 11.5 Å². The molecule has 0 amide bonds. The average Bonchev–Trinajstić information content (AvgIpc) is 2.58. The van der Waals surface area contributed by atoms with Gasteiger partial charge < -0.3 is 19.9 Å². The van der Waals surface area contributed by atoms with E-state index < -0.39 is 11.9 Å². The van der Waals surface area contributed by atoms with E-state index in [1.807, 2.05) is 0 Å². The molecule has 0 heterocycles. The Bertz CT molecular complexity index is 728. The van der Waals surface area contributed by atoms with E-state index >= 15 is 0 Å². The van der Waals surface area contributed by atoms with Gasteiger partial charge in [-0.3, -0.25) is 0 Å². The molecular formula is C17H17FN2O3. The number of nitrogens with one attached hydrogen (secondary N) is 1. The Morgan fingerprint density at radius 1 is 1.22 bits per heavy atom. The summed E-state index contributed by atoms with van der Waals surface area (Å²) in [6.45, 7) is 0.119. The van der Waals surface area contributed by atoms with E-state index in [0.717, 1.165) is 0 Å². The van der Waals surface area contributed by atoms with Crippen LogP contribution in [0.2, 0.25) is 0 Å². The highest BCUT2D eigenvalue weighted by molar-refractivity contribution is 5.58. The maximum absolute atomic E-state index is 13.5. The van der Waals surface area contributed by atoms with Crippen molar-refractivity contribution in [1.29, 1.82) is 5.26 Å². The Balaban J connectivity index is 2.13. The lowest BCUT2D eigenvalue weighted by atomic mass is 10.1. The van der Waals surface area contributed by atoms with Crippen LogP contribution < -0.4 is 14.8 Å². The lowest BCUT2D eigenvalue weighted by Gasteiger charge is -2.16. The van der Waals surface area contributed by atoms with Crippen molar-refractivity contribution in [3.8, 4) is 17.6 Å². The quantitative estimate of drug-likeness (QED) is 0.857. The fourth-order valence-electron chi connectivity index (χ4n) is 2.17. The topological polar surface area (TPSA) is 74.5 Å². The summed E-state index contributed by atoms with van der Waals surface area (Å²) in [6.07, 6.45) is -0.857. The van der Waals surface area contributed by atoms with E-state index in [1.54, 1.807) is 30.3 Å². The number of nitriles is 1. The van der Waals surface area contributed by atoms with Crippen LogP contribution in [0.3, 0.4) is 0 Å². The summed E-state index contributed by atoms with van der Waals surface area (Å²) >= 11 is 0. The summed E-state index contributed by atoms with van der Waals surface area (Å²) in [5.41, 5.74) is 0.879. The third-order valence-corrected chi connectivity index (χ3v) is 3.40. The van der Waals surface area contributed by atoms with Crippen molar-refractivity contribution in [3.63, 3.8) is 0 Å². The van der Waals surface area contributed by atoms with Gasteiger partial charge in [-0.1, -0.05) is 12.1 Å². The third kappa shape index (κ3) is 3.71. The molecule has 0 aliphatic rings. The van der Waals surface area contributed by atoms with Crippen molar-refractivity contribution in [2.24, 2.45) is 0 Å². The Morgan fingerprint density at radius 3 is 2.61 bits per heavy atom. The van der Waals surface area contributed by atoms with Crippen molar-refractivity contribution in [2.75, 3.05) is 26.1 Å². The first-order chi connectivity index (χ1) is 11.1. The van der Waals surface area contributed by atoms with E-state index in [2.05, 4.69) is 5.32 Å². The fourth-order valence-corrected chi connectivity index (χ4v) is 2.17. The number of nitrogens with zero attached hydrogens (tertiary/aromatic N) is 1. The van der Waals surface area contributed by atoms with Gasteiger partial charge in [0.1, 0.15) is 17.4 Å². The minimum absolute atomic E-state index is 0.0768. The molecular weight excluding hydrogens is 299 g/mol. The van der Waals surface area contributed by atoms with Gasteiger partial charge in [0.2, 0.25) is 0 Å². The first-order valence-electron chi connectivity index (χ1n) is 6.93. The molecule has 1 unspecified atom stereocenters. The number of methoxy groups -OCH3 is 2. The molecule has 0 spiro atoms. The Hall–Kier alpha value is -2.78. The zero-order valence-corrected chi connectivity index (χ0v) is 12.8. The molecule has 2 aromatic carbocycles. The molecule has 0 aliphatic heterocycles. The van der Waals surface area contributed by atoms with E-state index in [4.69, 9.17) is 14.7 Å². The molecule has 0 aromatic heterocycles. The molecule has 2 aromatic rings. The minimum Gasteiger partial charge on any atom is -0.493 e. The first kappa shape index (κ1) is 16.6. The molecule has 0 saturated carbocycles. The molecule has 1 atom stereocenters. The summed E-state index contributed by atoms with van der Waals surface area (Å²) in [4.78, 5) is 0. The zero-order chi connectivity index (χ0) is 16.8. The van der Waals surface area contributed by atoms with E-state index in [9.17, 15) is 9.50 Å². The molecule has 0 saturated heterocycles. The molecule has 2 rings (SSSR count). The van der Waals surface area contributed by atoms with Gasteiger partial charge in [0.25, 0.3) is 0 Å². The molecule has 5 nitrogen and oxygen atoms in total. The number of aliphatic hydroxyl groups excluding tert-OH is 1. The zero-order valence-electron chi connectivity index (χ0n) is 12.8. The number of aliphatic hydroxyl groups is 1. The van der Waals surface area contributed by atoms with Gasteiger partial charge in [0.15, 0.2) is 11.5 Å². The van der Waals surface area contributed by atoms with Crippen molar-refractivity contribution < 1.29 is 19.0 Å². The second-order valence-corrected chi connectivity index (χ2v) is 4.79. The maximum atomic E-state index is 13.5. The van der Waals surface area contributed by atoms with Gasteiger partial charge >= 0.3 is 0 Å². The number of benzene rings is 2. The first-order valence-corrected chi connectivity index (χ1v) is 6.93. The van der Waals surface area contributed by atoms with Crippen molar-refractivity contribution in [3.05, 3.63) is 53.3 Å². The minimum atomic E-state index is -0.857. The number of hydrogen-bond donors (Lipinski definition) is 2. The predicted octanol–water partition coefficient (Wildman–Crippen LogP) is 2.86. The van der Waals surface area contributed by atoms with Crippen molar-refractivity contribution in [2.45, 2.75) is 6.10 Å². The number of hydrogen-bond acceptors (Lipinski definition) is 5. The summed E-state index contributed by atoms with van der Waals surface area (Å²) in [5, 5.41) is 22.1. The van der Waals surface area contributed by atoms with Crippen molar-refractivity contribution in [1.82, 2.24) is 0 Å². The Morgan fingerprint density at radius 2 is 1.96 bits per heavy atom. The van der Waals surface area contributed by atoms with Gasteiger partial charge in [-0.25, -0.2) is 4.39 Å². The molecule has 0 bridgehead atoms. The van der Waals surface area contributed by atoms with Crippen LogP contribution in [0.15, 0.2) is 36.4 Å². The third-order valence-electron chi connectivity index (χ3n) is 3.40. The molecule has 23 heavy (non-hydrogen) atoms. The van der Waals surface area contributed by atoms with Gasteiger partial charge in [-0.2, -0.15) is 5.26 Å². The summed E-state index contributed by atoms with van der Waals surface area (Å²) in [6, 6.07) is 11.2. The van der Waals surface area contributed by atoms with E-state index in [0.29, 0.717) is 22.7 Å². The molecule has 2 N–H and O–H groups in total.